The number of benzene rings is 1. The van der Waals surface area contributed by atoms with E-state index in [-0.39, 0.29) is 5.69 Å². The van der Waals surface area contributed by atoms with Crippen LogP contribution in [0.1, 0.15) is 5.56 Å². The van der Waals surface area contributed by atoms with Gasteiger partial charge >= 0.3 is 0 Å². The Bertz CT molecular complexity index is 587. The zero-order valence-electron chi connectivity index (χ0n) is 9.46. The number of aryl methyl sites for hydroxylation is 1. The molecule has 0 amide bonds. The molecule has 0 aliphatic carbocycles. The van der Waals surface area contributed by atoms with Gasteiger partial charge in [-0.3, -0.25) is 10.1 Å². The Morgan fingerprint density at radius 2 is 2.00 bits per heavy atom. The second-order valence-electron chi connectivity index (χ2n) is 3.65. The third-order valence-electron chi connectivity index (χ3n) is 2.21. The van der Waals surface area contributed by atoms with Gasteiger partial charge in [0, 0.05) is 23.2 Å². The number of nitro groups is 1. The minimum absolute atomic E-state index is 0.0929. The van der Waals surface area contributed by atoms with Crippen LogP contribution in [0.3, 0.4) is 0 Å². The Hall–Kier alpha value is -1.40. The molecular formula is C12H9BrN2O2S. The summed E-state index contributed by atoms with van der Waals surface area (Å²) in [5, 5.41) is 11.4. The van der Waals surface area contributed by atoms with Crippen LogP contribution in [0.2, 0.25) is 0 Å². The van der Waals surface area contributed by atoms with Crippen LogP contribution in [0.25, 0.3) is 0 Å². The summed E-state index contributed by atoms with van der Waals surface area (Å²) in [4.78, 5) is 15.4. The topological polar surface area (TPSA) is 56.0 Å². The average molecular weight is 325 g/mol. The fourth-order valence-electron chi connectivity index (χ4n) is 1.34. The number of rotatable bonds is 3. The molecule has 0 saturated heterocycles. The van der Waals surface area contributed by atoms with E-state index < -0.39 is 4.92 Å². The van der Waals surface area contributed by atoms with Crippen LogP contribution < -0.4 is 0 Å². The highest BCUT2D eigenvalue weighted by molar-refractivity contribution is 9.10. The monoisotopic (exact) mass is 324 g/mol. The SMILES string of the molecule is Cc1cnc(Sc2ccc([N+](=O)[O-])cc2)c(Br)c1. The van der Waals surface area contributed by atoms with E-state index in [0.29, 0.717) is 0 Å². The smallest absolute Gasteiger partial charge is 0.258 e. The summed E-state index contributed by atoms with van der Waals surface area (Å²) in [5.74, 6) is 0. The maximum atomic E-state index is 10.5. The van der Waals surface area contributed by atoms with E-state index in [9.17, 15) is 10.1 Å². The molecule has 6 heteroatoms. The van der Waals surface area contributed by atoms with E-state index >= 15 is 0 Å². The number of hydrogen-bond acceptors (Lipinski definition) is 4. The summed E-state index contributed by atoms with van der Waals surface area (Å²) in [6.45, 7) is 1.97. The van der Waals surface area contributed by atoms with Gasteiger partial charge < -0.3 is 0 Å². The predicted octanol–water partition coefficient (Wildman–Crippen LogP) is 4.21. The molecule has 0 atom stereocenters. The van der Waals surface area contributed by atoms with Crippen molar-refractivity contribution in [2.24, 2.45) is 0 Å². The van der Waals surface area contributed by atoms with E-state index in [0.717, 1.165) is 20.0 Å². The van der Waals surface area contributed by atoms with Crippen LogP contribution >= 0.6 is 27.7 Å². The molecule has 1 aromatic heterocycles. The molecule has 2 aromatic rings. The summed E-state index contributed by atoms with van der Waals surface area (Å²) >= 11 is 4.91. The van der Waals surface area contributed by atoms with Crippen LogP contribution in [-0.4, -0.2) is 9.91 Å². The minimum Gasteiger partial charge on any atom is -0.258 e. The number of pyridine rings is 1. The van der Waals surface area contributed by atoms with Crippen LogP contribution in [0, 0.1) is 17.0 Å². The third kappa shape index (κ3) is 3.08. The molecule has 0 spiro atoms. The first kappa shape index (κ1) is 13.0. The number of hydrogen-bond donors (Lipinski definition) is 0. The summed E-state index contributed by atoms with van der Waals surface area (Å²) < 4.78 is 0.922. The van der Waals surface area contributed by atoms with E-state index in [1.54, 1.807) is 18.3 Å². The predicted molar refractivity (Wildman–Crippen MR) is 73.9 cm³/mol. The zero-order chi connectivity index (χ0) is 13.1. The first-order valence-electron chi connectivity index (χ1n) is 5.11. The van der Waals surface area contributed by atoms with Gasteiger partial charge in [-0.1, -0.05) is 11.8 Å². The lowest BCUT2D eigenvalue weighted by atomic mass is 10.3. The Morgan fingerprint density at radius 1 is 1.33 bits per heavy atom. The minimum atomic E-state index is -0.408. The van der Waals surface area contributed by atoms with Crippen LogP contribution in [0.4, 0.5) is 5.69 Å². The van der Waals surface area contributed by atoms with Gasteiger partial charge in [-0.2, -0.15) is 0 Å². The van der Waals surface area contributed by atoms with Gasteiger partial charge in [0.1, 0.15) is 5.03 Å². The lowest BCUT2D eigenvalue weighted by Crippen LogP contribution is -1.87. The van der Waals surface area contributed by atoms with Gasteiger partial charge in [-0.25, -0.2) is 4.98 Å². The number of non-ortho nitro benzene ring substituents is 1. The van der Waals surface area contributed by atoms with Crippen LogP contribution in [0.5, 0.6) is 0 Å². The van der Waals surface area contributed by atoms with Crippen molar-refractivity contribution in [3.63, 3.8) is 0 Å². The van der Waals surface area contributed by atoms with E-state index in [1.807, 2.05) is 13.0 Å². The standard InChI is InChI=1S/C12H9BrN2O2S/c1-8-6-11(13)12(14-7-8)18-10-4-2-9(3-5-10)15(16)17/h2-7H,1H3. The molecular weight excluding hydrogens is 316 g/mol. The van der Waals surface area contributed by atoms with Crippen LogP contribution in [0.15, 0.2) is 50.9 Å². The lowest BCUT2D eigenvalue weighted by Gasteiger charge is -2.04. The van der Waals surface area contributed by atoms with E-state index in [2.05, 4.69) is 20.9 Å². The maximum absolute atomic E-state index is 10.5. The van der Waals surface area contributed by atoms with Crippen molar-refractivity contribution in [2.75, 3.05) is 0 Å². The van der Waals surface area contributed by atoms with Crippen molar-refractivity contribution in [1.82, 2.24) is 4.98 Å². The Kier molecular flexibility index (Phi) is 3.98. The molecule has 0 fully saturated rings. The van der Waals surface area contributed by atoms with Crippen molar-refractivity contribution in [2.45, 2.75) is 16.8 Å². The van der Waals surface area contributed by atoms with Gasteiger partial charge in [-0.05, 0) is 46.6 Å². The second-order valence-corrected chi connectivity index (χ2v) is 5.57. The average Bonchev–Trinajstić information content (AvgIpc) is 2.33. The quantitative estimate of drug-likeness (QED) is 0.626. The van der Waals surface area contributed by atoms with Gasteiger partial charge in [0.25, 0.3) is 5.69 Å². The fourth-order valence-corrected chi connectivity index (χ4v) is 2.81. The highest BCUT2D eigenvalue weighted by atomic mass is 79.9. The van der Waals surface area contributed by atoms with Gasteiger partial charge in [0.15, 0.2) is 0 Å². The second kappa shape index (κ2) is 5.49. The van der Waals surface area contributed by atoms with Crippen molar-refractivity contribution >= 4 is 33.4 Å². The zero-order valence-corrected chi connectivity index (χ0v) is 11.9. The number of nitro benzene ring substituents is 1. The highest BCUT2D eigenvalue weighted by Crippen LogP contribution is 2.32. The van der Waals surface area contributed by atoms with Crippen LogP contribution in [-0.2, 0) is 0 Å². The molecule has 0 saturated carbocycles. The fraction of sp³-hybridized carbons (Fsp3) is 0.0833. The molecule has 0 bridgehead atoms. The molecule has 0 aliphatic heterocycles. The molecule has 92 valence electrons. The molecule has 18 heavy (non-hydrogen) atoms. The molecule has 2 rings (SSSR count). The van der Waals surface area contributed by atoms with Gasteiger partial charge in [0.2, 0.25) is 0 Å². The summed E-state index contributed by atoms with van der Waals surface area (Å²) in [6, 6.07) is 8.41. The van der Waals surface area contributed by atoms with Crippen molar-refractivity contribution in [3.8, 4) is 0 Å². The molecule has 4 nitrogen and oxygen atoms in total. The summed E-state index contributed by atoms with van der Waals surface area (Å²) in [5.41, 5.74) is 1.17. The maximum Gasteiger partial charge on any atom is 0.269 e. The largest absolute Gasteiger partial charge is 0.269 e. The van der Waals surface area contributed by atoms with Gasteiger partial charge in [-0.15, -0.1) is 0 Å². The van der Waals surface area contributed by atoms with E-state index in [1.165, 1.54) is 23.9 Å². The first-order valence-corrected chi connectivity index (χ1v) is 6.71. The Labute approximate surface area is 117 Å². The van der Waals surface area contributed by atoms with Crippen molar-refractivity contribution < 1.29 is 4.92 Å². The van der Waals surface area contributed by atoms with Crippen molar-refractivity contribution in [1.29, 1.82) is 0 Å². The molecule has 0 aliphatic rings. The number of nitrogens with zero attached hydrogens (tertiary/aromatic N) is 2. The Balaban J connectivity index is 2.21. The Morgan fingerprint density at radius 3 is 2.56 bits per heavy atom. The molecule has 0 radical (unpaired) electrons. The molecule has 1 heterocycles. The van der Waals surface area contributed by atoms with Crippen molar-refractivity contribution in [3.05, 3.63) is 56.7 Å². The lowest BCUT2D eigenvalue weighted by molar-refractivity contribution is -0.384. The molecule has 0 unspecified atom stereocenters. The highest BCUT2D eigenvalue weighted by Gasteiger charge is 2.07. The third-order valence-corrected chi connectivity index (χ3v) is 4.10. The number of aromatic nitrogens is 1. The normalized spacial score (nSPS) is 10.3. The summed E-state index contributed by atoms with van der Waals surface area (Å²) in [7, 11) is 0. The summed E-state index contributed by atoms with van der Waals surface area (Å²) in [6.07, 6.45) is 1.79. The van der Waals surface area contributed by atoms with E-state index in [4.69, 9.17) is 0 Å². The van der Waals surface area contributed by atoms with Gasteiger partial charge in [0.05, 0.1) is 9.40 Å². The first-order chi connectivity index (χ1) is 8.56. The molecule has 1 aromatic carbocycles. The molecule has 0 N–H and O–H groups in total. The number of halogens is 1.